The van der Waals surface area contributed by atoms with Gasteiger partial charge in [-0.25, -0.2) is 0 Å². The maximum atomic E-state index is 4.20. The van der Waals surface area contributed by atoms with Crippen LogP contribution in [0, 0.1) is 0 Å². The molecule has 2 aromatic rings. The molecule has 21 heavy (non-hydrogen) atoms. The summed E-state index contributed by atoms with van der Waals surface area (Å²) < 4.78 is 0. The van der Waals surface area contributed by atoms with E-state index in [1.54, 1.807) is 11.1 Å². The summed E-state index contributed by atoms with van der Waals surface area (Å²) in [5.74, 6) is 0. The lowest BCUT2D eigenvalue weighted by molar-refractivity contribution is 0.553. The Morgan fingerprint density at radius 1 is 1.14 bits per heavy atom. The minimum atomic E-state index is 0.112. The first-order chi connectivity index (χ1) is 10.0. The van der Waals surface area contributed by atoms with E-state index in [9.17, 15) is 0 Å². The van der Waals surface area contributed by atoms with Gasteiger partial charge in [0.05, 0.1) is 6.20 Å². The summed E-state index contributed by atoms with van der Waals surface area (Å²) >= 11 is 0. The Morgan fingerprint density at radius 2 is 1.95 bits per heavy atom. The summed E-state index contributed by atoms with van der Waals surface area (Å²) in [5.41, 5.74) is 7.09. The van der Waals surface area contributed by atoms with E-state index in [4.69, 9.17) is 0 Å². The van der Waals surface area contributed by atoms with Gasteiger partial charge >= 0.3 is 0 Å². The molecule has 0 amide bonds. The van der Waals surface area contributed by atoms with Crippen LogP contribution < -0.4 is 5.32 Å². The number of benzene rings is 1. The first kappa shape index (κ1) is 14.3. The van der Waals surface area contributed by atoms with Crippen LogP contribution in [0.25, 0.3) is 0 Å². The van der Waals surface area contributed by atoms with E-state index >= 15 is 0 Å². The lowest BCUT2D eigenvalue weighted by Gasteiger charge is -2.18. The Labute approximate surface area is 127 Å². The van der Waals surface area contributed by atoms with Gasteiger partial charge in [-0.3, -0.25) is 5.10 Å². The van der Waals surface area contributed by atoms with Gasteiger partial charge in [-0.2, -0.15) is 5.10 Å². The molecular formula is C18H25N3. The van der Waals surface area contributed by atoms with E-state index in [2.05, 4.69) is 54.5 Å². The number of aryl methyl sites for hydroxylation is 2. The quantitative estimate of drug-likeness (QED) is 0.902. The van der Waals surface area contributed by atoms with Crippen LogP contribution in [0.5, 0.6) is 0 Å². The van der Waals surface area contributed by atoms with E-state index in [1.165, 1.54) is 36.1 Å². The summed E-state index contributed by atoms with van der Waals surface area (Å²) in [4.78, 5) is 0. The molecule has 0 aliphatic heterocycles. The largest absolute Gasteiger partial charge is 0.308 e. The minimum Gasteiger partial charge on any atom is -0.308 e. The number of nitrogens with one attached hydrogen (secondary N) is 2. The van der Waals surface area contributed by atoms with Crippen molar-refractivity contribution in [3.8, 4) is 0 Å². The molecule has 0 atom stereocenters. The molecule has 1 aliphatic rings. The van der Waals surface area contributed by atoms with Crippen molar-refractivity contribution < 1.29 is 0 Å². The second kappa shape index (κ2) is 5.64. The van der Waals surface area contributed by atoms with Gasteiger partial charge in [0.2, 0.25) is 0 Å². The summed E-state index contributed by atoms with van der Waals surface area (Å²) in [6.45, 7) is 8.42. The molecular weight excluding hydrogens is 258 g/mol. The molecule has 0 spiro atoms. The van der Waals surface area contributed by atoms with E-state index in [1.807, 2.05) is 6.20 Å². The van der Waals surface area contributed by atoms with E-state index in [0.29, 0.717) is 0 Å². The third-order valence-corrected chi connectivity index (χ3v) is 4.28. The van der Waals surface area contributed by atoms with Gasteiger partial charge in [-0.15, -0.1) is 0 Å². The molecule has 1 aliphatic carbocycles. The van der Waals surface area contributed by atoms with Crippen molar-refractivity contribution in [2.24, 2.45) is 0 Å². The number of hydrogen-bond donors (Lipinski definition) is 2. The van der Waals surface area contributed by atoms with Crippen LogP contribution >= 0.6 is 0 Å². The maximum absolute atomic E-state index is 4.20. The molecule has 0 radical (unpaired) electrons. The molecule has 112 valence electrons. The van der Waals surface area contributed by atoms with E-state index in [0.717, 1.165) is 13.1 Å². The molecule has 0 saturated carbocycles. The Morgan fingerprint density at radius 3 is 2.76 bits per heavy atom. The second-order valence-electron chi connectivity index (χ2n) is 7.08. The molecule has 2 N–H and O–H groups in total. The van der Waals surface area contributed by atoms with Crippen molar-refractivity contribution in [2.75, 3.05) is 0 Å². The molecule has 0 unspecified atom stereocenters. The van der Waals surface area contributed by atoms with Gasteiger partial charge in [0.25, 0.3) is 0 Å². The smallest absolute Gasteiger partial charge is 0.0535 e. The Bertz CT molecular complexity index is 620. The Hall–Kier alpha value is -1.61. The fourth-order valence-corrected chi connectivity index (χ4v) is 3.17. The van der Waals surface area contributed by atoms with Gasteiger partial charge in [0.1, 0.15) is 0 Å². The summed E-state index contributed by atoms with van der Waals surface area (Å²) in [7, 11) is 0. The van der Waals surface area contributed by atoms with Crippen LogP contribution in [0.2, 0.25) is 0 Å². The zero-order valence-corrected chi connectivity index (χ0v) is 13.3. The van der Waals surface area contributed by atoms with Crippen LogP contribution in [-0.4, -0.2) is 10.2 Å². The molecule has 0 fully saturated rings. The zero-order chi connectivity index (χ0) is 14.9. The Kier molecular flexibility index (Phi) is 3.85. The fourth-order valence-electron chi connectivity index (χ4n) is 3.17. The predicted molar refractivity (Wildman–Crippen MR) is 86.3 cm³/mol. The minimum absolute atomic E-state index is 0.112. The lowest BCUT2D eigenvalue weighted by atomic mass is 9.89. The van der Waals surface area contributed by atoms with Crippen molar-refractivity contribution >= 4 is 0 Å². The number of nitrogens with zero attached hydrogens (tertiary/aromatic N) is 1. The second-order valence-corrected chi connectivity index (χ2v) is 7.08. The van der Waals surface area contributed by atoms with Crippen molar-refractivity contribution in [2.45, 2.75) is 58.5 Å². The zero-order valence-electron chi connectivity index (χ0n) is 13.3. The van der Waals surface area contributed by atoms with Crippen LogP contribution in [0.3, 0.4) is 0 Å². The molecule has 0 saturated heterocycles. The monoisotopic (exact) mass is 283 g/mol. The van der Waals surface area contributed by atoms with Gasteiger partial charge in [0, 0.05) is 29.8 Å². The normalized spacial score (nSPS) is 14.4. The summed E-state index contributed by atoms with van der Waals surface area (Å²) in [6.07, 6.45) is 5.76. The average molecular weight is 283 g/mol. The molecule has 0 bridgehead atoms. The molecule has 1 heterocycles. The molecule has 1 aromatic heterocycles. The van der Waals surface area contributed by atoms with Crippen LogP contribution in [-0.2, 0) is 31.3 Å². The number of aromatic nitrogens is 2. The van der Waals surface area contributed by atoms with E-state index < -0.39 is 0 Å². The van der Waals surface area contributed by atoms with Gasteiger partial charge in [0.15, 0.2) is 0 Å². The highest BCUT2D eigenvalue weighted by Crippen LogP contribution is 2.24. The number of rotatable bonds is 4. The third kappa shape index (κ3) is 3.18. The highest BCUT2D eigenvalue weighted by Gasteiger charge is 2.19. The number of hydrogen-bond acceptors (Lipinski definition) is 2. The van der Waals surface area contributed by atoms with Crippen molar-refractivity contribution in [1.29, 1.82) is 0 Å². The average Bonchev–Trinajstić information content (AvgIpc) is 3.05. The van der Waals surface area contributed by atoms with Gasteiger partial charge < -0.3 is 5.32 Å². The first-order valence-corrected chi connectivity index (χ1v) is 7.88. The topological polar surface area (TPSA) is 40.7 Å². The van der Waals surface area contributed by atoms with Crippen molar-refractivity contribution in [3.63, 3.8) is 0 Å². The Balaban J connectivity index is 1.61. The third-order valence-electron chi connectivity index (χ3n) is 4.28. The van der Waals surface area contributed by atoms with Crippen LogP contribution in [0.15, 0.2) is 24.4 Å². The maximum Gasteiger partial charge on any atom is 0.0535 e. The fraction of sp³-hybridized carbons (Fsp3) is 0.500. The van der Waals surface area contributed by atoms with Crippen LogP contribution in [0.1, 0.15) is 55.1 Å². The molecule has 1 aromatic carbocycles. The highest BCUT2D eigenvalue weighted by atomic mass is 15.1. The van der Waals surface area contributed by atoms with Crippen molar-refractivity contribution in [3.05, 3.63) is 52.3 Å². The molecule has 3 heteroatoms. The molecule has 3 rings (SSSR count). The van der Waals surface area contributed by atoms with Gasteiger partial charge in [-0.1, -0.05) is 39.0 Å². The van der Waals surface area contributed by atoms with Crippen LogP contribution in [0.4, 0.5) is 0 Å². The number of fused-ring (bicyclic) bond motifs is 1. The summed E-state index contributed by atoms with van der Waals surface area (Å²) in [5, 5.41) is 10.9. The lowest BCUT2D eigenvalue weighted by Crippen LogP contribution is -2.19. The predicted octanol–water partition coefficient (Wildman–Crippen LogP) is 3.49. The first-order valence-electron chi connectivity index (χ1n) is 7.88. The summed E-state index contributed by atoms with van der Waals surface area (Å²) in [6, 6.07) is 6.93. The molecule has 3 nitrogen and oxygen atoms in total. The number of H-pyrrole nitrogens is 1. The standard InChI is InChI=1S/C18H25N3/c1-18(2,3)17-16(12-20-21-17)11-19-10-13-7-8-14-5-4-6-15(14)9-13/h7-9,12,19H,4-6,10-11H2,1-3H3,(H,20,21). The number of aromatic amines is 1. The SMILES string of the molecule is CC(C)(C)c1[nH]ncc1CNCc1ccc2c(c1)CCC2. The highest BCUT2D eigenvalue weighted by molar-refractivity contribution is 5.35. The van der Waals surface area contributed by atoms with E-state index in [-0.39, 0.29) is 5.41 Å². The van der Waals surface area contributed by atoms with Gasteiger partial charge in [-0.05, 0) is 36.0 Å². The van der Waals surface area contributed by atoms with Crippen molar-refractivity contribution in [1.82, 2.24) is 15.5 Å².